The van der Waals surface area contributed by atoms with Crippen LogP contribution >= 0.6 is 23.2 Å². The van der Waals surface area contributed by atoms with E-state index in [0.29, 0.717) is 27.5 Å². The minimum Gasteiger partial charge on any atom is -0.508 e. The average Bonchev–Trinajstić information content (AvgIpc) is 3.53. The number of rotatable bonds is 7. The van der Waals surface area contributed by atoms with Crippen LogP contribution in [-0.2, 0) is 24.6 Å². The Bertz CT molecular complexity index is 2280. The number of nitro benzene ring substituents is 1. The first-order valence-electron chi connectivity index (χ1n) is 16.8. The van der Waals surface area contributed by atoms with Crippen LogP contribution in [0.4, 0.5) is 17.1 Å². The number of non-ortho nitro benzene ring substituents is 1. The third-order valence-electron chi connectivity index (χ3n) is 11.1. The normalized spacial score (nSPS) is 26.2. The van der Waals surface area contributed by atoms with Crippen molar-refractivity contribution < 1.29 is 33.9 Å². The molecule has 6 atom stereocenters. The molecule has 2 aliphatic heterocycles. The van der Waals surface area contributed by atoms with Gasteiger partial charge in [0.25, 0.3) is 17.5 Å². The number of fused-ring (bicyclic) bond motifs is 4. The van der Waals surface area contributed by atoms with Gasteiger partial charge in [-0.25, -0.2) is 4.90 Å². The maximum Gasteiger partial charge on any atom is 0.271 e. The highest BCUT2D eigenvalue weighted by Crippen LogP contribution is 2.64. The first-order chi connectivity index (χ1) is 25.4. The summed E-state index contributed by atoms with van der Waals surface area (Å²) in [6.45, 7) is 0. The lowest BCUT2D eigenvalue weighted by Crippen LogP contribution is -2.53. The average molecular weight is 754 g/mol. The first kappa shape index (κ1) is 34.4. The van der Waals surface area contributed by atoms with E-state index in [1.54, 1.807) is 54.6 Å². The second kappa shape index (κ2) is 12.7. The van der Waals surface area contributed by atoms with E-state index in [4.69, 9.17) is 27.9 Å². The predicted octanol–water partition coefficient (Wildman–Crippen LogP) is 6.81. The summed E-state index contributed by atoms with van der Waals surface area (Å²) in [6.07, 6.45) is 2.05. The fraction of sp³-hybridized carbons (Fsp3) is 0.231. The predicted molar refractivity (Wildman–Crippen MR) is 194 cm³/mol. The molecule has 53 heavy (non-hydrogen) atoms. The van der Waals surface area contributed by atoms with Crippen molar-refractivity contribution in [3.8, 4) is 11.5 Å². The number of carbonyl (C=O) groups excluding carboxylic acids is 4. The smallest absolute Gasteiger partial charge is 0.271 e. The number of anilines is 2. The number of hydrazine groups is 1. The molecule has 1 saturated carbocycles. The number of aromatic hydroxyl groups is 1. The van der Waals surface area contributed by atoms with Crippen LogP contribution in [0.15, 0.2) is 103 Å². The Hall–Kier alpha value is -5.72. The Morgan fingerprint density at radius 2 is 1.66 bits per heavy atom. The monoisotopic (exact) mass is 752 g/mol. The van der Waals surface area contributed by atoms with Crippen molar-refractivity contribution in [1.82, 2.24) is 5.01 Å². The van der Waals surface area contributed by atoms with E-state index in [2.05, 4.69) is 5.43 Å². The van der Waals surface area contributed by atoms with E-state index in [9.17, 15) is 29.6 Å². The van der Waals surface area contributed by atoms with E-state index < -0.39 is 63.6 Å². The zero-order valence-corrected chi connectivity index (χ0v) is 29.5. The van der Waals surface area contributed by atoms with Gasteiger partial charge in [-0.05, 0) is 78.4 Å². The SMILES string of the molecule is COc1ccc([C@@]23C(=O)N(Nc4ccc(Cl)cc4Cl)C(=O)[C@@H]2C[C@@H]2C(=CC[C@@H]4C(=O)N(c5cccc([N+](=O)[O-])c5)C(=O)[C@@H]42)[C@@H]3c2cccc(O)c2)cc1. The highest BCUT2D eigenvalue weighted by atomic mass is 35.5. The molecule has 12 nitrogen and oxygen atoms in total. The van der Waals surface area contributed by atoms with E-state index in [1.165, 1.54) is 43.5 Å². The van der Waals surface area contributed by atoms with Crippen LogP contribution in [0.3, 0.4) is 0 Å². The number of carbonyl (C=O) groups is 4. The number of methoxy groups -OCH3 is 1. The molecule has 2 saturated heterocycles. The molecule has 2 heterocycles. The van der Waals surface area contributed by atoms with Crippen molar-refractivity contribution in [3.63, 3.8) is 0 Å². The molecule has 4 amide bonds. The van der Waals surface area contributed by atoms with Crippen molar-refractivity contribution in [1.29, 1.82) is 0 Å². The number of phenols is 1. The highest BCUT2D eigenvalue weighted by Gasteiger charge is 2.70. The van der Waals surface area contributed by atoms with E-state index in [-0.39, 0.29) is 40.7 Å². The quantitative estimate of drug-likeness (QED) is 0.0896. The zero-order chi connectivity index (χ0) is 37.3. The Labute approximate surface area is 312 Å². The molecule has 0 spiro atoms. The molecule has 268 valence electrons. The minimum atomic E-state index is -1.59. The number of hydrogen-bond acceptors (Lipinski definition) is 9. The summed E-state index contributed by atoms with van der Waals surface area (Å²) in [5.74, 6) is -6.09. The van der Waals surface area contributed by atoms with Gasteiger partial charge in [0.15, 0.2) is 0 Å². The summed E-state index contributed by atoms with van der Waals surface area (Å²) in [7, 11) is 1.52. The molecule has 2 aliphatic carbocycles. The summed E-state index contributed by atoms with van der Waals surface area (Å²) >= 11 is 12.6. The number of nitrogens with one attached hydrogen (secondary N) is 1. The largest absolute Gasteiger partial charge is 0.508 e. The molecule has 2 N–H and O–H groups in total. The Kier molecular flexibility index (Phi) is 8.27. The second-order valence-electron chi connectivity index (χ2n) is 13.6. The molecule has 0 aromatic heterocycles. The highest BCUT2D eigenvalue weighted by molar-refractivity contribution is 6.36. The summed E-state index contributed by atoms with van der Waals surface area (Å²) in [4.78, 5) is 70.6. The molecule has 8 rings (SSSR count). The standard InChI is InChI=1S/C39H30Cl2N4O8/c1-53-26-11-8-21(9-12-26)39-30(36(48)44(38(39)50)42-32-15-10-22(40)17-31(32)41)19-29-27(34(39)20-4-2-7-25(46)16-20)13-14-28-33(29)37(49)43(35(28)47)23-5-3-6-24(18-23)45(51)52/h2-13,15-18,28-30,33-34,42,46H,14,19H2,1H3/t28-,29+,30-,33-,34-,39+/m0/s1. The van der Waals surface area contributed by atoms with Gasteiger partial charge in [-0.15, -0.1) is 0 Å². The lowest BCUT2D eigenvalue weighted by Gasteiger charge is -2.50. The first-order valence-corrected chi connectivity index (χ1v) is 17.6. The van der Waals surface area contributed by atoms with Crippen LogP contribution in [0.5, 0.6) is 11.5 Å². The number of nitro groups is 1. The lowest BCUT2D eigenvalue weighted by atomic mass is 9.49. The Morgan fingerprint density at radius 1 is 0.906 bits per heavy atom. The fourth-order valence-electron chi connectivity index (χ4n) is 8.92. The maximum atomic E-state index is 15.3. The van der Waals surface area contributed by atoms with Gasteiger partial charge >= 0.3 is 0 Å². The molecule has 4 aliphatic rings. The van der Waals surface area contributed by atoms with Gasteiger partial charge < -0.3 is 9.84 Å². The Morgan fingerprint density at radius 3 is 2.36 bits per heavy atom. The van der Waals surface area contributed by atoms with Gasteiger partial charge in [-0.3, -0.25) is 34.7 Å². The van der Waals surface area contributed by atoms with Crippen molar-refractivity contribution in [2.75, 3.05) is 17.4 Å². The van der Waals surface area contributed by atoms with Gasteiger partial charge in [0.05, 0.1) is 51.6 Å². The van der Waals surface area contributed by atoms with E-state index in [0.717, 1.165) is 9.91 Å². The van der Waals surface area contributed by atoms with Crippen molar-refractivity contribution in [2.45, 2.75) is 24.2 Å². The number of hydrogen-bond donors (Lipinski definition) is 2. The van der Waals surface area contributed by atoms with Crippen LogP contribution < -0.4 is 15.1 Å². The van der Waals surface area contributed by atoms with Gasteiger partial charge in [0.2, 0.25) is 11.8 Å². The van der Waals surface area contributed by atoms with Crippen LogP contribution in [0.1, 0.15) is 29.9 Å². The number of ether oxygens (including phenoxy) is 1. The number of phenolic OH excluding ortho intramolecular Hbond substituents is 1. The number of halogens is 2. The number of benzene rings is 4. The van der Waals surface area contributed by atoms with Gasteiger partial charge in [0, 0.05) is 23.1 Å². The zero-order valence-electron chi connectivity index (χ0n) is 27.9. The number of imide groups is 2. The molecule has 14 heteroatoms. The van der Waals surface area contributed by atoms with Gasteiger partial charge in [0.1, 0.15) is 11.5 Å². The molecular weight excluding hydrogens is 723 g/mol. The third-order valence-corrected chi connectivity index (χ3v) is 11.6. The molecule has 0 unspecified atom stereocenters. The maximum absolute atomic E-state index is 15.3. The van der Waals surface area contributed by atoms with Crippen molar-refractivity contribution >= 4 is 63.9 Å². The van der Waals surface area contributed by atoms with Crippen LogP contribution in [0.2, 0.25) is 10.0 Å². The van der Waals surface area contributed by atoms with Crippen molar-refractivity contribution in [3.05, 3.63) is 134 Å². The summed E-state index contributed by atoms with van der Waals surface area (Å²) in [5.41, 5.74) is 3.14. The van der Waals surface area contributed by atoms with E-state index >= 15 is 4.79 Å². The molecule has 0 radical (unpaired) electrons. The molecular formula is C39H30Cl2N4O8. The topological polar surface area (TPSA) is 159 Å². The number of allylic oxidation sites excluding steroid dienone is 2. The van der Waals surface area contributed by atoms with Crippen molar-refractivity contribution in [2.24, 2.45) is 23.7 Å². The molecule has 0 bridgehead atoms. The molecule has 4 aromatic carbocycles. The summed E-state index contributed by atoms with van der Waals surface area (Å²) < 4.78 is 5.43. The summed E-state index contributed by atoms with van der Waals surface area (Å²) in [6, 6.07) is 23.3. The molecule has 3 fully saturated rings. The van der Waals surface area contributed by atoms with Gasteiger partial charge in [-0.2, -0.15) is 5.01 Å². The summed E-state index contributed by atoms with van der Waals surface area (Å²) in [5, 5.41) is 23.9. The van der Waals surface area contributed by atoms with Crippen LogP contribution in [0, 0.1) is 33.8 Å². The van der Waals surface area contributed by atoms with E-state index in [1.807, 2.05) is 6.08 Å². The number of amides is 4. The lowest BCUT2D eigenvalue weighted by molar-refractivity contribution is -0.384. The molecule has 4 aromatic rings. The van der Waals surface area contributed by atoms with Gasteiger partial charge in [-0.1, -0.05) is 65.2 Å². The minimum absolute atomic E-state index is 0.0211. The van der Waals surface area contributed by atoms with Crippen LogP contribution in [0.25, 0.3) is 0 Å². The number of nitrogens with zero attached hydrogens (tertiary/aromatic N) is 3. The van der Waals surface area contributed by atoms with Crippen LogP contribution in [-0.4, -0.2) is 45.8 Å². The fourth-order valence-corrected chi connectivity index (χ4v) is 9.37. The Balaban J connectivity index is 1.31. The second-order valence-corrected chi connectivity index (χ2v) is 14.4. The third kappa shape index (κ3) is 5.19.